The number of piperidine rings is 2. The van der Waals surface area contributed by atoms with Crippen LogP contribution in [0.1, 0.15) is 52.0 Å². The molecular weight excluding hydrogens is 396 g/mol. The number of ether oxygens (including phenoxy) is 1. The Labute approximate surface area is 185 Å². The van der Waals surface area contributed by atoms with E-state index in [0.29, 0.717) is 19.7 Å². The van der Waals surface area contributed by atoms with Gasteiger partial charge in [-0.15, -0.1) is 0 Å². The molecule has 1 aromatic rings. The second-order valence-electron chi connectivity index (χ2n) is 9.43. The van der Waals surface area contributed by atoms with Crippen LogP contribution in [0.2, 0.25) is 0 Å². The summed E-state index contributed by atoms with van der Waals surface area (Å²) in [5.41, 5.74) is 9.40. The van der Waals surface area contributed by atoms with Crippen molar-refractivity contribution in [3.8, 4) is 0 Å². The molecule has 0 saturated carbocycles. The van der Waals surface area contributed by atoms with Crippen LogP contribution in [0.25, 0.3) is 0 Å². The minimum Gasteiger partial charge on any atom is -0.444 e. The number of carbonyl (C=O) groups excluding carboxylic acids is 2. The fourth-order valence-electron chi connectivity index (χ4n) is 4.41. The van der Waals surface area contributed by atoms with Gasteiger partial charge in [0.2, 0.25) is 5.91 Å². The molecule has 0 aliphatic carbocycles. The first-order valence-corrected chi connectivity index (χ1v) is 11.2. The number of amides is 2. The Morgan fingerprint density at radius 3 is 2.55 bits per heavy atom. The van der Waals surface area contributed by atoms with Gasteiger partial charge in [0.25, 0.3) is 0 Å². The number of hydroxylamine groups is 1. The topological polar surface area (TPSA) is 97.1 Å². The number of nitrogens with zero attached hydrogens (tertiary/aromatic N) is 2. The number of hydrogen-bond acceptors (Lipinski definition) is 6. The highest BCUT2D eigenvalue weighted by Crippen LogP contribution is 2.26. The molecule has 3 N–H and O–H groups in total. The van der Waals surface area contributed by atoms with E-state index in [2.05, 4.69) is 10.4 Å². The number of primary amides is 1. The lowest BCUT2D eigenvalue weighted by atomic mass is 9.92. The molecule has 2 heterocycles. The fraction of sp³-hybridized carbons (Fsp3) is 0.652. The van der Waals surface area contributed by atoms with E-state index in [4.69, 9.17) is 15.3 Å². The van der Waals surface area contributed by atoms with Crippen LogP contribution < -0.4 is 11.2 Å². The average Bonchev–Trinajstić information content (AvgIpc) is 2.73. The first-order valence-electron chi connectivity index (χ1n) is 11.2. The third-order valence-corrected chi connectivity index (χ3v) is 5.84. The van der Waals surface area contributed by atoms with Crippen LogP contribution in [0, 0.1) is 0 Å². The summed E-state index contributed by atoms with van der Waals surface area (Å²) < 4.78 is 5.57. The second kappa shape index (κ2) is 10.4. The lowest BCUT2D eigenvalue weighted by Crippen LogP contribution is -2.64. The summed E-state index contributed by atoms with van der Waals surface area (Å²) in [6, 6.07) is 9.52. The van der Waals surface area contributed by atoms with E-state index in [1.807, 2.05) is 51.1 Å². The van der Waals surface area contributed by atoms with E-state index in [1.165, 1.54) is 0 Å². The van der Waals surface area contributed by atoms with Crippen molar-refractivity contribution < 1.29 is 19.2 Å². The van der Waals surface area contributed by atoms with Crippen molar-refractivity contribution in [1.82, 2.24) is 15.3 Å². The summed E-state index contributed by atoms with van der Waals surface area (Å²) in [5.74, 6) is -0.279. The van der Waals surface area contributed by atoms with Crippen LogP contribution in [0.15, 0.2) is 30.3 Å². The molecule has 31 heavy (non-hydrogen) atoms. The van der Waals surface area contributed by atoms with Crippen molar-refractivity contribution in [2.45, 2.75) is 76.8 Å². The Morgan fingerprint density at radius 1 is 1.13 bits per heavy atom. The summed E-state index contributed by atoms with van der Waals surface area (Å²) in [6.07, 6.45) is 3.21. The molecule has 0 bridgehead atoms. The van der Waals surface area contributed by atoms with Crippen molar-refractivity contribution in [3.05, 3.63) is 35.9 Å². The minimum atomic E-state index is -0.551. The van der Waals surface area contributed by atoms with Crippen LogP contribution in [-0.2, 0) is 21.0 Å². The predicted molar refractivity (Wildman–Crippen MR) is 118 cm³/mol. The summed E-state index contributed by atoms with van der Waals surface area (Å²) in [5, 5.41) is 0. The number of nitrogens with two attached hydrogens (primary N) is 1. The van der Waals surface area contributed by atoms with Crippen LogP contribution in [-0.4, -0.2) is 65.2 Å². The highest BCUT2D eigenvalue weighted by atomic mass is 16.6. The van der Waals surface area contributed by atoms with Gasteiger partial charge in [-0.25, -0.2) is 4.79 Å². The molecule has 3 atom stereocenters. The third-order valence-electron chi connectivity index (χ3n) is 5.84. The second-order valence-corrected chi connectivity index (χ2v) is 9.43. The van der Waals surface area contributed by atoms with Gasteiger partial charge in [0.15, 0.2) is 0 Å². The first kappa shape index (κ1) is 23.5. The molecule has 0 radical (unpaired) electrons. The zero-order chi connectivity index (χ0) is 22.4. The summed E-state index contributed by atoms with van der Waals surface area (Å²) in [4.78, 5) is 34.5. The lowest BCUT2D eigenvalue weighted by Gasteiger charge is -2.47. The Kier molecular flexibility index (Phi) is 7.91. The number of hydrogen-bond donors (Lipinski definition) is 2. The van der Waals surface area contributed by atoms with Crippen LogP contribution in [0.3, 0.4) is 0 Å². The predicted octanol–water partition coefficient (Wildman–Crippen LogP) is 2.43. The SMILES string of the molecule is CC(C)(C)OC(=O)N1CCC(N2CCCCC2C(N)=O)[C@H](NOCc2ccccc2)C1. The highest BCUT2D eigenvalue weighted by Gasteiger charge is 2.41. The highest BCUT2D eigenvalue weighted by molar-refractivity contribution is 5.80. The molecule has 2 unspecified atom stereocenters. The molecule has 2 aliphatic rings. The first-order chi connectivity index (χ1) is 14.7. The normalized spacial score (nSPS) is 25.3. The third kappa shape index (κ3) is 6.66. The van der Waals surface area contributed by atoms with E-state index < -0.39 is 5.60 Å². The molecule has 172 valence electrons. The van der Waals surface area contributed by atoms with Gasteiger partial charge in [0.05, 0.1) is 18.7 Å². The van der Waals surface area contributed by atoms with E-state index in [9.17, 15) is 9.59 Å². The van der Waals surface area contributed by atoms with Crippen LogP contribution in [0.5, 0.6) is 0 Å². The molecule has 2 amide bonds. The smallest absolute Gasteiger partial charge is 0.410 e. The maximum atomic E-state index is 12.7. The maximum absolute atomic E-state index is 12.7. The molecule has 2 fully saturated rings. The number of likely N-dealkylation sites (tertiary alicyclic amines) is 2. The lowest BCUT2D eigenvalue weighted by molar-refractivity contribution is -0.128. The number of carbonyl (C=O) groups is 2. The van der Waals surface area contributed by atoms with Crippen LogP contribution in [0.4, 0.5) is 4.79 Å². The van der Waals surface area contributed by atoms with Gasteiger partial charge in [-0.2, -0.15) is 5.48 Å². The molecule has 8 heteroatoms. The van der Waals surface area contributed by atoms with Gasteiger partial charge >= 0.3 is 6.09 Å². The molecule has 0 spiro atoms. The molecule has 3 rings (SSSR count). The van der Waals surface area contributed by atoms with Gasteiger partial charge in [-0.05, 0) is 52.1 Å². The molecule has 2 saturated heterocycles. The summed E-state index contributed by atoms with van der Waals surface area (Å²) in [6.45, 7) is 7.83. The van der Waals surface area contributed by atoms with Crippen molar-refractivity contribution >= 4 is 12.0 Å². The van der Waals surface area contributed by atoms with Crippen molar-refractivity contribution in [2.24, 2.45) is 5.73 Å². The molecular formula is C23H36N4O4. The number of nitrogens with one attached hydrogen (secondary N) is 1. The zero-order valence-corrected chi connectivity index (χ0v) is 18.9. The molecule has 0 aromatic heterocycles. The quantitative estimate of drug-likeness (QED) is 0.670. The van der Waals surface area contributed by atoms with Gasteiger partial charge in [-0.3, -0.25) is 14.5 Å². The Balaban J connectivity index is 1.70. The molecule has 1 aromatic carbocycles. The standard InChI is InChI=1S/C23H36N4O4/c1-23(2,3)31-22(29)26-14-12-19(27-13-8-7-11-20(27)21(24)28)18(15-26)25-30-16-17-9-5-4-6-10-17/h4-6,9-10,18-20,25H,7-8,11-16H2,1-3H3,(H2,24,28)/t18-,19?,20?/m1/s1. The summed E-state index contributed by atoms with van der Waals surface area (Å²) >= 11 is 0. The zero-order valence-electron chi connectivity index (χ0n) is 18.9. The van der Waals surface area contributed by atoms with E-state index in [1.54, 1.807) is 4.90 Å². The van der Waals surface area contributed by atoms with Gasteiger partial charge in [-0.1, -0.05) is 36.8 Å². The Bertz CT molecular complexity index is 737. The van der Waals surface area contributed by atoms with E-state index in [-0.39, 0.29) is 30.1 Å². The molecule has 2 aliphatic heterocycles. The summed E-state index contributed by atoms with van der Waals surface area (Å²) in [7, 11) is 0. The van der Waals surface area contributed by atoms with Gasteiger partial charge in [0.1, 0.15) is 5.60 Å². The maximum Gasteiger partial charge on any atom is 0.410 e. The monoisotopic (exact) mass is 432 g/mol. The molecule has 8 nitrogen and oxygen atoms in total. The average molecular weight is 433 g/mol. The minimum absolute atomic E-state index is 0.0484. The van der Waals surface area contributed by atoms with Crippen molar-refractivity contribution in [3.63, 3.8) is 0 Å². The fourth-order valence-corrected chi connectivity index (χ4v) is 4.41. The number of rotatable bonds is 6. The number of benzene rings is 1. The van der Waals surface area contributed by atoms with Crippen molar-refractivity contribution in [2.75, 3.05) is 19.6 Å². The largest absolute Gasteiger partial charge is 0.444 e. The van der Waals surface area contributed by atoms with E-state index >= 15 is 0 Å². The Hall–Kier alpha value is -2.16. The van der Waals surface area contributed by atoms with Crippen molar-refractivity contribution in [1.29, 1.82) is 0 Å². The van der Waals surface area contributed by atoms with Gasteiger partial charge in [0, 0.05) is 19.1 Å². The Morgan fingerprint density at radius 2 is 1.87 bits per heavy atom. The van der Waals surface area contributed by atoms with Gasteiger partial charge < -0.3 is 15.4 Å². The van der Waals surface area contributed by atoms with Crippen LogP contribution >= 0.6 is 0 Å². The van der Waals surface area contributed by atoms with E-state index in [0.717, 1.165) is 37.8 Å².